The second kappa shape index (κ2) is 6.91. The van der Waals surface area contributed by atoms with Gasteiger partial charge in [0.25, 0.3) is 0 Å². The van der Waals surface area contributed by atoms with Gasteiger partial charge in [0.2, 0.25) is 0 Å². The van der Waals surface area contributed by atoms with E-state index in [1.54, 1.807) is 7.11 Å². The zero-order valence-electron chi connectivity index (χ0n) is 10.7. The molecule has 0 aliphatic heterocycles. The fourth-order valence-electron chi connectivity index (χ4n) is 1.43. The number of hydrogen-bond acceptors (Lipinski definition) is 2. The summed E-state index contributed by atoms with van der Waals surface area (Å²) in [6.45, 7) is 4.78. The first-order valence-electron chi connectivity index (χ1n) is 5.77. The Labute approximate surface area is 103 Å². The lowest BCUT2D eigenvalue weighted by molar-refractivity contribution is 0.165. The molecule has 0 aliphatic carbocycles. The summed E-state index contributed by atoms with van der Waals surface area (Å²) in [6.07, 6.45) is 0. The molecule has 17 heavy (non-hydrogen) atoms. The van der Waals surface area contributed by atoms with Crippen LogP contribution in [0.5, 0.6) is 0 Å². The number of hydrogen-bond donors (Lipinski definition) is 2. The number of ether oxygens (including phenoxy) is 1. The molecule has 4 nitrogen and oxygen atoms in total. The Kier molecular flexibility index (Phi) is 5.49. The quantitative estimate of drug-likeness (QED) is 0.607. The van der Waals surface area contributed by atoms with Gasteiger partial charge in [-0.3, -0.25) is 0 Å². The largest absolute Gasteiger partial charge is 0.382 e. The standard InChI is InChI=1S/C13H21N3O/c1-10(2)12(9-17-3)16-13(14)15-11-7-5-4-6-8-11/h4-8,10,12H,9H2,1-3H3,(H3,14,15,16). The summed E-state index contributed by atoms with van der Waals surface area (Å²) < 4.78 is 5.13. The van der Waals surface area contributed by atoms with Gasteiger partial charge in [0.1, 0.15) is 0 Å². The predicted molar refractivity (Wildman–Crippen MR) is 72.2 cm³/mol. The smallest absolute Gasteiger partial charge is 0.193 e. The van der Waals surface area contributed by atoms with Crippen molar-refractivity contribution in [1.82, 2.24) is 0 Å². The number of para-hydroxylation sites is 1. The second-order valence-electron chi connectivity index (χ2n) is 4.27. The van der Waals surface area contributed by atoms with Crippen LogP contribution in [0.25, 0.3) is 0 Å². The molecule has 0 saturated carbocycles. The van der Waals surface area contributed by atoms with Gasteiger partial charge in [0, 0.05) is 12.8 Å². The average Bonchev–Trinajstić information content (AvgIpc) is 2.29. The van der Waals surface area contributed by atoms with Gasteiger partial charge in [-0.25, -0.2) is 4.99 Å². The summed E-state index contributed by atoms with van der Waals surface area (Å²) in [4.78, 5) is 4.42. The number of nitrogens with zero attached hydrogens (tertiary/aromatic N) is 1. The molecule has 0 radical (unpaired) electrons. The third-order valence-corrected chi connectivity index (χ3v) is 2.46. The molecule has 1 atom stereocenters. The maximum atomic E-state index is 5.86. The van der Waals surface area contributed by atoms with Crippen molar-refractivity contribution in [1.29, 1.82) is 0 Å². The molecule has 0 heterocycles. The van der Waals surface area contributed by atoms with Gasteiger partial charge in [-0.05, 0) is 18.1 Å². The third-order valence-electron chi connectivity index (χ3n) is 2.46. The molecule has 1 unspecified atom stereocenters. The molecule has 3 N–H and O–H groups in total. The van der Waals surface area contributed by atoms with E-state index in [4.69, 9.17) is 10.5 Å². The summed E-state index contributed by atoms with van der Waals surface area (Å²) >= 11 is 0. The summed E-state index contributed by atoms with van der Waals surface area (Å²) in [7, 11) is 1.67. The summed E-state index contributed by atoms with van der Waals surface area (Å²) in [5, 5.41) is 3.06. The fourth-order valence-corrected chi connectivity index (χ4v) is 1.43. The van der Waals surface area contributed by atoms with E-state index in [1.165, 1.54) is 0 Å². The van der Waals surface area contributed by atoms with E-state index in [9.17, 15) is 0 Å². The summed E-state index contributed by atoms with van der Waals surface area (Å²) in [5.74, 6) is 0.818. The first-order valence-corrected chi connectivity index (χ1v) is 5.77. The molecule has 0 aliphatic rings. The van der Waals surface area contributed by atoms with Crippen molar-refractivity contribution in [2.75, 3.05) is 19.0 Å². The molecule has 1 aromatic carbocycles. The second-order valence-corrected chi connectivity index (χ2v) is 4.27. The zero-order valence-corrected chi connectivity index (χ0v) is 10.7. The van der Waals surface area contributed by atoms with Gasteiger partial charge in [0.05, 0.1) is 12.6 Å². The van der Waals surface area contributed by atoms with Crippen molar-refractivity contribution in [2.24, 2.45) is 16.6 Å². The van der Waals surface area contributed by atoms with Crippen molar-refractivity contribution in [3.05, 3.63) is 30.3 Å². The van der Waals surface area contributed by atoms with Crippen LogP contribution in [0.2, 0.25) is 0 Å². The number of benzene rings is 1. The molecule has 0 fully saturated rings. The number of aliphatic imine (C=N–C) groups is 1. The van der Waals surface area contributed by atoms with Gasteiger partial charge >= 0.3 is 0 Å². The number of anilines is 1. The van der Waals surface area contributed by atoms with E-state index in [1.807, 2.05) is 30.3 Å². The minimum absolute atomic E-state index is 0.0798. The highest BCUT2D eigenvalue weighted by atomic mass is 16.5. The Balaban J connectivity index is 2.64. The molecule has 0 saturated heterocycles. The number of rotatable bonds is 5. The molecule has 1 aromatic rings. The van der Waals surface area contributed by atoms with Crippen molar-refractivity contribution in [2.45, 2.75) is 19.9 Å². The zero-order chi connectivity index (χ0) is 12.7. The van der Waals surface area contributed by atoms with E-state index >= 15 is 0 Å². The molecule has 0 aromatic heterocycles. The van der Waals surface area contributed by atoms with Gasteiger partial charge in [-0.15, -0.1) is 0 Å². The first-order chi connectivity index (χ1) is 8.13. The summed E-state index contributed by atoms with van der Waals surface area (Å²) in [6, 6.07) is 9.83. The van der Waals surface area contributed by atoms with E-state index < -0.39 is 0 Å². The molecule has 0 bridgehead atoms. The van der Waals surface area contributed by atoms with E-state index in [0.29, 0.717) is 18.5 Å². The molecular weight excluding hydrogens is 214 g/mol. The Morgan fingerprint density at radius 1 is 1.35 bits per heavy atom. The minimum Gasteiger partial charge on any atom is -0.382 e. The van der Waals surface area contributed by atoms with Gasteiger partial charge in [-0.2, -0.15) is 0 Å². The lowest BCUT2D eigenvalue weighted by Crippen LogP contribution is -2.29. The molecule has 4 heteroatoms. The Hall–Kier alpha value is -1.55. The molecular formula is C13H21N3O. The van der Waals surface area contributed by atoms with E-state index in [-0.39, 0.29) is 6.04 Å². The summed E-state index contributed by atoms with van der Waals surface area (Å²) in [5.41, 5.74) is 6.80. The van der Waals surface area contributed by atoms with Gasteiger partial charge < -0.3 is 15.8 Å². The highest BCUT2D eigenvalue weighted by Crippen LogP contribution is 2.08. The topological polar surface area (TPSA) is 59.6 Å². The van der Waals surface area contributed by atoms with Crippen molar-refractivity contribution < 1.29 is 4.74 Å². The lowest BCUT2D eigenvalue weighted by atomic mass is 10.1. The first kappa shape index (κ1) is 13.5. The van der Waals surface area contributed by atoms with E-state index in [2.05, 4.69) is 24.2 Å². The average molecular weight is 235 g/mol. The molecule has 1 rings (SSSR count). The SMILES string of the molecule is COCC(N=C(N)Nc1ccccc1)C(C)C. The van der Waals surface area contributed by atoms with Crippen LogP contribution in [0, 0.1) is 5.92 Å². The van der Waals surface area contributed by atoms with Crippen LogP contribution in [0.15, 0.2) is 35.3 Å². The Bertz CT molecular complexity index is 349. The molecule has 0 spiro atoms. The van der Waals surface area contributed by atoms with Crippen LogP contribution >= 0.6 is 0 Å². The normalized spacial score (nSPS) is 13.8. The number of nitrogens with one attached hydrogen (secondary N) is 1. The Morgan fingerprint density at radius 3 is 2.53 bits per heavy atom. The van der Waals surface area contributed by atoms with E-state index in [0.717, 1.165) is 5.69 Å². The van der Waals surface area contributed by atoms with Crippen LogP contribution in [0.1, 0.15) is 13.8 Å². The lowest BCUT2D eigenvalue weighted by Gasteiger charge is -2.16. The highest BCUT2D eigenvalue weighted by Gasteiger charge is 2.12. The van der Waals surface area contributed by atoms with Crippen LogP contribution in [0.3, 0.4) is 0 Å². The van der Waals surface area contributed by atoms with Gasteiger partial charge in [-0.1, -0.05) is 32.0 Å². The Morgan fingerprint density at radius 2 is 2.00 bits per heavy atom. The van der Waals surface area contributed by atoms with Crippen molar-refractivity contribution in [3.63, 3.8) is 0 Å². The monoisotopic (exact) mass is 235 g/mol. The third kappa shape index (κ3) is 4.87. The fraction of sp³-hybridized carbons (Fsp3) is 0.462. The van der Waals surface area contributed by atoms with Crippen molar-refractivity contribution >= 4 is 11.6 Å². The van der Waals surface area contributed by atoms with Gasteiger partial charge in [0.15, 0.2) is 5.96 Å². The number of guanidine groups is 1. The van der Waals surface area contributed by atoms with Crippen LogP contribution in [-0.4, -0.2) is 25.7 Å². The predicted octanol–water partition coefficient (Wildman–Crippen LogP) is 2.08. The maximum Gasteiger partial charge on any atom is 0.193 e. The molecule has 94 valence electrons. The highest BCUT2D eigenvalue weighted by molar-refractivity contribution is 5.92. The maximum absolute atomic E-state index is 5.86. The minimum atomic E-state index is 0.0798. The van der Waals surface area contributed by atoms with Crippen molar-refractivity contribution in [3.8, 4) is 0 Å². The number of methoxy groups -OCH3 is 1. The van der Waals surface area contributed by atoms with Crippen LogP contribution < -0.4 is 11.1 Å². The van der Waals surface area contributed by atoms with Crippen LogP contribution in [0.4, 0.5) is 5.69 Å². The molecule has 0 amide bonds. The van der Waals surface area contributed by atoms with Crippen LogP contribution in [-0.2, 0) is 4.74 Å². The number of nitrogens with two attached hydrogens (primary N) is 1.